The van der Waals surface area contributed by atoms with Crippen molar-refractivity contribution in [2.75, 3.05) is 6.61 Å². The molecule has 0 aliphatic carbocycles. The number of rotatable bonds is 6. The first-order chi connectivity index (χ1) is 14.1. The maximum atomic E-state index is 10.4. The van der Waals surface area contributed by atoms with Gasteiger partial charge in [-0.25, -0.2) is 4.98 Å². The van der Waals surface area contributed by atoms with E-state index in [2.05, 4.69) is 20.3 Å². The number of benzene rings is 2. The smallest absolute Gasteiger partial charge is 0.272 e. The average Bonchev–Trinajstić information content (AvgIpc) is 3.20. The van der Waals surface area contributed by atoms with Gasteiger partial charge in [-0.15, -0.1) is 10.2 Å². The summed E-state index contributed by atoms with van der Waals surface area (Å²) in [7, 11) is 0. The summed E-state index contributed by atoms with van der Waals surface area (Å²) in [6.45, 7) is -0.714. The van der Waals surface area contributed by atoms with Crippen LogP contribution < -0.4 is 0 Å². The molecule has 2 aromatic heterocycles. The van der Waals surface area contributed by atoms with Crippen LogP contribution in [-0.4, -0.2) is 64.0 Å². The highest BCUT2D eigenvalue weighted by molar-refractivity contribution is 5.78. The Morgan fingerprint density at radius 3 is 1.97 bits per heavy atom. The zero-order valence-electron chi connectivity index (χ0n) is 15.2. The summed E-state index contributed by atoms with van der Waals surface area (Å²) >= 11 is 0. The van der Waals surface area contributed by atoms with Gasteiger partial charge >= 0.3 is 0 Å². The second-order valence-electron chi connectivity index (χ2n) is 6.50. The second-order valence-corrected chi connectivity index (χ2v) is 6.50. The van der Waals surface area contributed by atoms with Crippen molar-refractivity contribution in [1.82, 2.24) is 24.8 Å². The van der Waals surface area contributed by atoms with Gasteiger partial charge in [-0.3, -0.25) is 0 Å². The van der Waals surface area contributed by atoms with Gasteiger partial charge in [0.1, 0.15) is 29.7 Å². The third-order valence-corrected chi connectivity index (χ3v) is 4.55. The van der Waals surface area contributed by atoms with E-state index in [4.69, 9.17) is 5.11 Å². The van der Waals surface area contributed by atoms with Gasteiger partial charge in [0, 0.05) is 11.1 Å². The Labute approximate surface area is 165 Å². The molecule has 29 heavy (non-hydrogen) atoms. The van der Waals surface area contributed by atoms with E-state index in [9.17, 15) is 15.3 Å². The van der Waals surface area contributed by atoms with Crippen molar-refractivity contribution in [2.45, 2.75) is 18.3 Å². The molecule has 2 aromatic carbocycles. The second kappa shape index (κ2) is 8.02. The number of nitrogens with zero attached hydrogens (tertiary/aromatic N) is 5. The highest BCUT2D eigenvalue weighted by Crippen LogP contribution is 2.29. The Morgan fingerprint density at radius 1 is 0.793 bits per heavy atom. The molecule has 9 nitrogen and oxygen atoms in total. The lowest BCUT2D eigenvalue weighted by molar-refractivity contribution is -0.0808. The maximum absolute atomic E-state index is 10.4. The summed E-state index contributed by atoms with van der Waals surface area (Å²) in [5.74, 6) is 0.0348. The summed E-state index contributed by atoms with van der Waals surface area (Å²) in [4.78, 5) is 4.57. The third-order valence-electron chi connectivity index (χ3n) is 4.55. The van der Waals surface area contributed by atoms with Gasteiger partial charge in [0.2, 0.25) is 0 Å². The number of hydrogen-bond donors (Lipinski definition) is 4. The number of hydrogen-bond acceptors (Lipinski definition) is 8. The predicted molar refractivity (Wildman–Crippen MR) is 104 cm³/mol. The Kier molecular flexibility index (Phi) is 5.28. The zero-order valence-corrected chi connectivity index (χ0v) is 15.2. The minimum absolute atomic E-state index is 0.0932. The van der Waals surface area contributed by atoms with Crippen molar-refractivity contribution < 1.29 is 20.4 Å². The maximum Gasteiger partial charge on any atom is 0.272 e. The molecule has 0 fully saturated rings. The lowest BCUT2D eigenvalue weighted by atomic mass is 10.0. The highest BCUT2D eigenvalue weighted by atomic mass is 16.4. The minimum Gasteiger partial charge on any atom is -0.394 e. The van der Waals surface area contributed by atoms with Crippen molar-refractivity contribution in [2.24, 2.45) is 0 Å². The molecule has 9 heteroatoms. The molecule has 0 unspecified atom stereocenters. The molecule has 4 aromatic rings. The predicted octanol–water partition coefficient (Wildman–Crippen LogP) is 0.601. The summed E-state index contributed by atoms with van der Waals surface area (Å²) in [6.07, 6.45) is -4.82. The SMILES string of the molecule is OC[C@H](O)[C@H](O)[C@H](O)c1nnc2nc(-c3ccccc3)c(-c3ccccc3)nn12. The van der Waals surface area contributed by atoms with Crippen LogP contribution in [0.3, 0.4) is 0 Å². The summed E-state index contributed by atoms with van der Waals surface area (Å²) < 4.78 is 1.23. The molecule has 0 saturated carbocycles. The molecule has 2 heterocycles. The molecular formula is C20H19N5O4. The van der Waals surface area contributed by atoms with Gasteiger partial charge in [0.05, 0.1) is 6.61 Å². The molecule has 0 aliphatic heterocycles. The molecule has 0 amide bonds. The van der Waals surface area contributed by atoms with E-state index in [-0.39, 0.29) is 11.6 Å². The Bertz CT molecular complexity index is 1100. The van der Waals surface area contributed by atoms with Crippen LogP contribution in [-0.2, 0) is 0 Å². The van der Waals surface area contributed by atoms with E-state index in [0.29, 0.717) is 11.4 Å². The fourth-order valence-electron chi connectivity index (χ4n) is 2.99. The van der Waals surface area contributed by atoms with Gasteiger partial charge < -0.3 is 20.4 Å². The fraction of sp³-hybridized carbons (Fsp3) is 0.200. The van der Waals surface area contributed by atoms with Crippen molar-refractivity contribution in [3.05, 3.63) is 66.5 Å². The number of fused-ring (bicyclic) bond motifs is 1. The van der Waals surface area contributed by atoms with Crippen molar-refractivity contribution in [3.8, 4) is 22.5 Å². The van der Waals surface area contributed by atoms with E-state index in [1.807, 2.05) is 60.7 Å². The van der Waals surface area contributed by atoms with Crippen molar-refractivity contribution in [3.63, 3.8) is 0 Å². The summed E-state index contributed by atoms with van der Waals surface area (Å²) in [5, 5.41) is 51.6. The molecule has 0 saturated heterocycles. The zero-order chi connectivity index (χ0) is 20.4. The lowest BCUT2D eigenvalue weighted by Gasteiger charge is -2.20. The summed E-state index contributed by atoms with van der Waals surface area (Å²) in [6, 6.07) is 18.9. The molecule has 4 N–H and O–H groups in total. The van der Waals surface area contributed by atoms with Crippen LogP contribution in [0.15, 0.2) is 60.7 Å². The van der Waals surface area contributed by atoms with Gasteiger partial charge in [0.15, 0.2) is 5.82 Å². The molecule has 0 spiro atoms. The van der Waals surface area contributed by atoms with E-state index in [1.165, 1.54) is 4.52 Å². The Morgan fingerprint density at radius 2 is 1.38 bits per heavy atom. The largest absolute Gasteiger partial charge is 0.394 e. The van der Waals surface area contributed by atoms with E-state index in [1.54, 1.807) is 0 Å². The van der Waals surface area contributed by atoms with E-state index < -0.39 is 24.9 Å². The van der Waals surface area contributed by atoms with Crippen LogP contribution in [0.1, 0.15) is 11.9 Å². The number of aromatic nitrogens is 5. The van der Waals surface area contributed by atoms with Crippen LogP contribution in [0.25, 0.3) is 28.3 Å². The van der Waals surface area contributed by atoms with Crippen molar-refractivity contribution in [1.29, 1.82) is 0 Å². The topological polar surface area (TPSA) is 137 Å². The van der Waals surface area contributed by atoms with Gasteiger partial charge in [-0.05, 0) is 0 Å². The fourth-order valence-corrected chi connectivity index (χ4v) is 2.99. The van der Waals surface area contributed by atoms with Gasteiger partial charge in [-0.1, -0.05) is 60.7 Å². The Balaban J connectivity index is 1.90. The molecule has 3 atom stereocenters. The third kappa shape index (κ3) is 3.59. The normalized spacial score (nSPS) is 14.6. The molecule has 148 valence electrons. The van der Waals surface area contributed by atoms with Gasteiger partial charge in [0.25, 0.3) is 5.78 Å². The first kappa shape index (κ1) is 19.1. The highest BCUT2D eigenvalue weighted by Gasteiger charge is 2.30. The monoisotopic (exact) mass is 393 g/mol. The summed E-state index contributed by atoms with van der Waals surface area (Å²) in [5.41, 5.74) is 2.76. The van der Waals surface area contributed by atoms with Crippen LogP contribution in [0, 0.1) is 0 Å². The average molecular weight is 393 g/mol. The van der Waals surface area contributed by atoms with Gasteiger partial charge in [-0.2, -0.15) is 9.61 Å². The number of aliphatic hydroxyl groups is 4. The Hall–Kier alpha value is -3.24. The lowest BCUT2D eigenvalue weighted by Crippen LogP contribution is -2.35. The molecular weight excluding hydrogens is 374 g/mol. The molecule has 0 bridgehead atoms. The minimum atomic E-state index is -1.66. The van der Waals surface area contributed by atoms with Crippen LogP contribution in [0.2, 0.25) is 0 Å². The van der Waals surface area contributed by atoms with Crippen LogP contribution >= 0.6 is 0 Å². The quantitative estimate of drug-likeness (QED) is 0.374. The standard InChI is InChI=1S/C20H19N5O4/c26-11-14(27)17(28)18(29)19-22-23-20-21-15(12-7-3-1-4-8-12)16(24-25(19)20)13-9-5-2-6-10-13/h1-10,14,17-18,26-29H,11H2/t14-,17-,18-/m0/s1. The molecule has 4 rings (SSSR count). The molecule has 0 radical (unpaired) electrons. The van der Waals surface area contributed by atoms with E-state index in [0.717, 1.165) is 11.1 Å². The first-order valence-electron chi connectivity index (χ1n) is 8.99. The first-order valence-corrected chi connectivity index (χ1v) is 8.99. The number of aliphatic hydroxyl groups excluding tert-OH is 4. The molecule has 0 aliphatic rings. The van der Waals surface area contributed by atoms with Crippen LogP contribution in [0.4, 0.5) is 0 Å². The van der Waals surface area contributed by atoms with Crippen molar-refractivity contribution >= 4 is 5.78 Å². The van der Waals surface area contributed by atoms with Crippen LogP contribution in [0.5, 0.6) is 0 Å². The van der Waals surface area contributed by atoms with E-state index >= 15 is 0 Å².